The molecule has 2 aliphatic carbocycles. The first-order valence-electron chi connectivity index (χ1n) is 11.1. The van der Waals surface area contributed by atoms with E-state index in [1.807, 2.05) is 18.2 Å². The third kappa shape index (κ3) is 2.90. The second kappa shape index (κ2) is 7.66. The monoisotopic (exact) mass is 452 g/mol. The maximum atomic E-state index is 6.61. The molecule has 1 atom stereocenters. The van der Waals surface area contributed by atoms with Crippen molar-refractivity contribution in [2.75, 3.05) is 0 Å². The first kappa shape index (κ1) is 19.9. The van der Waals surface area contributed by atoms with Crippen molar-refractivity contribution in [3.63, 3.8) is 0 Å². The largest absolute Gasteiger partial charge is 0.0836 e. The van der Waals surface area contributed by atoms with Crippen LogP contribution in [0.4, 0.5) is 0 Å². The molecule has 2 heteroatoms. The summed E-state index contributed by atoms with van der Waals surface area (Å²) >= 11 is 13.2. The smallest absolute Gasteiger partial charge is 0.0499 e. The number of allylic oxidation sites excluding steroid dienone is 1. The van der Waals surface area contributed by atoms with Crippen molar-refractivity contribution in [1.82, 2.24) is 0 Å². The van der Waals surface area contributed by atoms with Gasteiger partial charge in [0, 0.05) is 21.5 Å². The van der Waals surface area contributed by atoms with Gasteiger partial charge in [-0.3, -0.25) is 0 Å². The standard InChI is InChI=1S/C30H22Cl2/c1-2-18-16-26-23(12-6-13-24(26)30-27(31)14-7-15-28(30)32)29(18)22-11-5-10-21-20-9-4-3-8-19(20)17-25(21)22/h3-16,29H,2,17H2,1H3. The molecule has 0 bridgehead atoms. The van der Waals surface area contributed by atoms with Gasteiger partial charge < -0.3 is 0 Å². The van der Waals surface area contributed by atoms with E-state index in [1.54, 1.807) is 0 Å². The quantitative estimate of drug-likeness (QED) is 0.255. The average Bonchev–Trinajstić information content (AvgIpc) is 3.37. The molecule has 156 valence electrons. The maximum absolute atomic E-state index is 6.61. The molecule has 0 fully saturated rings. The summed E-state index contributed by atoms with van der Waals surface area (Å²) in [7, 11) is 0. The first-order valence-corrected chi connectivity index (χ1v) is 11.9. The van der Waals surface area contributed by atoms with E-state index in [1.165, 1.54) is 44.5 Å². The highest BCUT2D eigenvalue weighted by atomic mass is 35.5. The Balaban J connectivity index is 1.55. The van der Waals surface area contributed by atoms with Gasteiger partial charge in [0.2, 0.25) is 0 Å². The predicted octanol–water partition coefficient (Wildman–Crippen LogP) is 9.17. The number of fused-ring (bicyclic) bond motifs is 4. The summed E-state index contributed by atoms with van der Waals surface area (Å²) in [5.74, 6) is 0.264. The van der Waals surface area contributed by atoms with Crippen LogP contribution in [0.5, 0.6) is 0 Å². The van der Waals surface area contributed by atoms with Gasteiger partial charge >= 0.3 is 0 Å². The van der Waals surface area contributed by atoms with Crippen LogP contribution in [-0.4, -0.2) is 0 Å². The molecule has 1 unspecified atom stereocenters. The van der Waals surface area contributed by atoms with Gasteiger partial charge in [-0.1, -0.05) is 109 Å². The van der Waals surface area contributed by atoms with Gasteiger partial charge in [0.25, 0.3) is 0 Å². The van der Waals surface area contributed by atoms with Crippen molar-refractivity contribution in [3.8, 4) is 22.3 Å². The third-order valence-electron chi connectivity index (χ3n) is 6.99. The lowest BCUT2D eigenvalue weighted by Crippen LogP contribution is -2.05. The Bertz CT molecular complexity index is 1390. The van der Waals surface area contributed by atoms with Gasteiger partial charge in [0.05, 0.1) is 0 Å². The lowest BCUT2D eigenvalue weighted by atomic mass is 9.82. The molecule has 2 aliphatic rings. The van der Waals surface area contributed by atoms with Gasteiger partial charge in [-0.25, -0.2) is 0 Å². The van der Waals surface area contributed by atoms with E-state index >= 15 is 0 Å². The molecular weight excluding hydrogens is 431 g/mol. The molecule has 32 heavy (non-hydrogen) atoms. The summed E-state index contributed by atoms with van der Waals surface area (Å²) in [5.41, 5.74) is 13.1. The highest BCUT2D eigenvalue weighted by Crippen LogP contribution is 2.50. The SMILES string of the molecule is CCC1=Cc2c(-c3c(Cl)cccc3Cl)cccc2C1c1cccc2c1Cc1ccccc1-2. The van der Waals surface area contributed by atoms with E-state index in [4.69, 9.17) is 23.2 Å². The molecular formula is C30H22Cl2. The topological polar surface area (TPSA) is 0 Å². The molecule has 0 radical (unpaired) electrons. The van der Waals surface area contributed by atoms with Gasteiger partial charge in [-0.05, 0) is 69.5 Å². The van der Waals surface area contributed by atoms with Crippen LogP contribution in [0.3, 0.4) is 0 Å². The molecule has 0 aromatic heterocycles. The lowest BCUT2D eigenvalue weighted by Gasteiger charge is -2.21. The van der Waals surface area contributed by atoms with Crippen LogP contribution in [0.25, 0.3) is 28.3 Å². The summed E-state index contributed by atoms with van der Waals surface area (Å²) < 4.78 is 0. The van der Waals surface area contributed by atoms with Crippen molar-refractivity contribution in [2.24, 2.45) is 0 Å². The van der Waals surface area contributed by atoms with Crippen molar-refractivity contribution in [1.29, 1.82) is 0 Å². The molecule has 0 saturated heterocycles. The Labute approximate surface area is 199 Å². The third-order valence-corrected chi connectivity index (χ3v) is 7.62. The molecule has 0 saturated carbocycles. The number of hydrogen-bond acceptors (Lipinski definition) is 0. The lowest BCUT2D eigenvalue weighted by molar-refractivity contribution is 0.895. The number of benzene rings is 4. The van der Waals surface area contributed by atoms with Crippen LogP contribution >= 0.6 is 23.2 Å². The molecule has 0 N–H and O–H groups in total. The number of halogens is 2. The zero-order valence-corrected chi connectivity index (χ0v) is 19.3. The minimum Gasteiger partial charge on any atom is -0.0836 e. The van der Waals surface area contributed by atoms with Crippen molar-refractivity contribution in [3.05, 3.63) is 122 Å². The van der Waals surface area contributed by atoms with Gasteiger partial charge in [-0.2, -0.15) is 0 Å². The average molecular weight is 453 g/mol. The fourth-order valence-corrected chi connectivity index (χ4v) is 6.16. The molecule has 0 heterocycles. The summed E-state index contributed by atoms with van der Waals surface area (Å²) in [5, 5.41) is 1.38. The fraction of sp³-hybridized carbons (Fsp3) is 0.133. The van der Waals surface area contributed by atoms with E-state index < -0.39 is 0 Å². The van der Waals surface area contributed by atoms with E-state index in [0.29, 0.717) is 10.0 Å². The summed E-state index contributed by atoms with van der Waals surface area (Å²) in [6.07, 6.45) is 4.38. The van der Waals surface area contributed by atoms with Crippen LogP contribution in [0, 0.1) is 0 Å². The fourth-order valence-electron chi connectivity index (χ4n) is 5.56. The molecule has 0 nitrogen and oxygen atoms in total. The zero-order chi connectivity index (χ0) is 21.8. The maximum Gasteiger partial charge on any atom is 0.0499 e. The van der Waals surface area contributed by atoms with Crippen molar-refractivity contribution in [2.45, 2.75) is 25.7 Å². The minimum absolute atomic E-state index is 0.264. The molecule has 4 aromatic carbocycles. The molecule has 4 aromatic rings. The van der Waals surface area contributed by atoms with Crippen molar-refractivity contribution < 1.29 is 0 Å². The van der Waals surface area contributed by atoms with Gasteiger partial charge in [0.15, 0.2) is 0 Å². The second-order valence-electron chi connectivity index (χ2n) is 8.62. The van der Waals surface area contributed by atoms with Crippen molar-refractivity contribution >= 4 is 29.3 Å². The van der Waals surface area contributed by atoms with Crippen LogP contribution in [0.1, 0.15) is 47.1 Å². The van der Waals surface area contributed by atoms with Crippen LogP contribution in [0.2, 0.25) is 10.0 Å². The Hall–Kier alpha value is -2.80. The molecule has 0 spiro atoms. The first-order chi connectivity index (χ1) is 15.7. The second-order valence-corrected chi connectivity index (χ2v) is 9.43. The minimum atomic E-state index is 0.264. The van der Waals surface area contributed by atoms with Gasteiger partial charge in [-0.15, -0.1) is 0 Å². The predicted molar refractivity (Wildman–Crippen MR) is 137 cm³/mol. The Kier molecular flexibility index (Phi) is 4.75. The van der Waals surface area contributed by atoms with E-state index in [9.17, 15) is 0 Å². The molecule has 0 aliphatic heterocycles. The Morgan fingerprint density at radius 1 is 0.719 bits per heavy atom. The van der Waals surface area contributed by atoms with Crippen LogP contribution in [-0.2, 0) is 6.42 Å². The van der Waals surface area contributed by atoms with E-state index in [-0.39, 0.29) is 5.92 Å². The van der Waals surface area contributed by atoms with Crippen LogP contribution < -0.4 is 0 Å². The Morgan fingerprint density at radius 2 is 1.38 bits per heavy atom. The van der Waals surface area contributed by atoms with E-state index in [0.717, 1.165) is 24.0 Å². The Morgan fingerprint density at radius 3 is 2.16 bits per heavy atom. The zero-order valence-electron chi connectivity index (χ0n) is 17.8. The summed E-state index contributed by atoms with van der Waals surface area (Å²) in [4.78, 5) is 0. The molecule has 6 rings (SSSR count). The van der Waals surface area contributed by atoms with Crippen LogP contribution in [0.15, 0.2) is 84.4 Å². The summed E-state index contributed by atoms with van der Waals surface area (Å²) in [6.45, 7) is 2.25. The highest BCUT2D eigenvalue weighted by Gasteiger charge is 2.32. The van der Waals surface area contributed by atoms with E-state index in [2.05, 4.69) is 73.7 Å². The molecule has 0 amide bonds. The van der Waals surface area contributed by atoms with Gasteiger partial charge in [0.1, 0.15) is 0 Å². The normalized spacial score (nSPS) is 15.8. The number of hydrogen-bond donors (Lipinski definition) is 0. The summed E-state index contributed by atoms with van der Waals surface area (Å²) in [6, 6.07) is 27.9. The number of rotatable bonds is 3. The highest BCUT2D eigenvalue weighted by molar-refractivity contribution is 6.39.